The zero-order valence-corrected chi connectivity index (χ0v) is 16.7. The summed E-state index contributed by atoms with van der Waals surface area (Å²) in [6.45, 7) is 0. The fourth-order valence-electron chi connectivity index (χ4n) is 4.37. The molecule has 0 saturated carbocycles. The number of sulfone groups is 1. The Hall–Kier alpha value is -2.62. The number of anilines is 1. The third kappa shape index (κ3) is 3.88. The van der Waals surface area contributed by atoms with Crippen molar-refractivity contribution in [2.45, 2.75) is 54.1 Å². The van der Waals surface area contributed by atoms with E-state index in [1.807, 2.05) is 0 Å². The van der Waals surface area contributed by atoms with Crippen molar-refractivity contribution in [3.8, 4) is 0 Å². The van der Waals surface area contributed by atoms with Crippen molar-refractivity contribution < 1.29 is 26.4 Å². The molecule has 2 fully saturated rings. The Bertz CT molecular complexity index is 1030. The molecular formula is C20H20F3N3O3S. The molecule has 10 heteroatoms. The van der Waals surface area contributed by atoms with E-state index in [4.69, 9.17) is 0 Å². The Morgan fingerprint density at radius 1 is 1.07 bits per heavy atom. The van der Waals surface area contributed by atoms with Crippen molar-refractivity contribution in [2.75, 3.05) is 5.32 Å². The Morgan fingerprint density at radius 3 is 2.30 bits per heavy atom. The summed E-state index contributed by atoms with van der Waals surface area (Å²) in [5, 5.41) is 1.90. The fraction of sp³-hybridized carbons (Fsp3) is 0.400. The first kappa shape index (κ1) is 20.6. The zero-order chi connectivity index (χ0) is 21.5. The molecule has 0 aliphatic carbocycles. The second kappa shape index (κ2) is 7.57. The number of benzene rings is 1. The molecule has 2 saturated heterocycles. The van der Waals surface area contributed by atoms with Crippen molar-refractivity contribution in [3.05, 3.63) is 54.4 Å². The summed E-state index contributed by atoms with van der Waals surface area (Å²) in [5.74, 6) is 0. The van der Waals surface area contributed by atoms with Crippen LogP contribution in [0.25, 0.3) is 0 Å². The lowest BCUT2D eigenvalue weighted by Gasteiger charge is -2.38. The van der Waals surface area contributed by atoms with E-state index in [0.717, 1.165) is 12.3 Å². The lowest BCUT2D eigenvalue weighted by atomic mass is 10.0. The van der Waals surface area contributed by atoms with Crippen LogP contribution in [0.2, 0.25) is 0 Å². The molecule has 2 amide bonds. The Balaban J connectivity index is 1.49. The molecule has 2 unspecified atom stereocenters. The SMILES string of the molecule is O=C(Nc1cncc(C(F)(F)F)c1)N1C2CCC1CC(S(=O)(=O)c1ccccc1)C2. The van der Waals surface area contributed by atoms with Crippen LogP contribution in [0.3, 0.4) is 0 Å². The van der Waals surface area contributed by atoms with Crippen molar-refractivity contribution in [2.24, 2.45) is 0 Å². The summed E-state index contributed by atoms with van der Waals surface area (Å²) in [5.41, 5.74) is -0.996. The van der Waals surface area contributed by atoms with Gasteiger partial charge in [-0.15, -0.1) is 0 Å². The second-order valence-corrected chi connectivity index (χ2v) is 9.86. The normalized spacial score (nSPS) is 24.0. The van der Waals surface area contributed by atoms with Crippen LogP contribution in [0, 0.1) is 0 Å². The smallest absolute Gasteiger partial charge is 0.318 e. The quantitative estimate of drug-likeness (QED) is 0.781. The molecule has 1 N–H and O–H groups in total. The van der Waals surface area contributed by atoms with Gasteiger partial charge in [-0.1, -0.05) is 18.2 Å². The molecule has 1 aromatic carbocycles. The predicted molar refractivity (Wildman–Crippen MR) is 104 cm³/mol. The third-order valence-corrected chi connectivity index (χ3v) is 7.94. The molecule has 3 heterocycles. The van der Waals surface area contributed by atoms with Gasteiger partial charge in [-0.2, -0.15) is 13.2 Å². The number of amides is 2. The highest BCUT2D eigenvalue weighted by atomic mass is 32.2. The first-order chi connectivity index (χ1) is 14.2. The summed E-state index contributed by atoms with van der Waals surface area (Å²) in [7, 11) is -3.51. The lowest BCUT2D eigenvalue weighted by molar-refractivity contribution is -0.137. The standard InChI is InChI=1S/C20H20F3N3O3S/c21-20(22,23)13-8-14(12-24-11-13)25-19(27)26-15-6-7-16(26)10-18(9-15)30(28,29)17-4-2-1-3-5-17/h1-5,8,11-12,15-16,18H,6-7,9-10H2,(H,25,27). The summed E-state index contributed by atoms with van der Waals surface area (Å²) >= 11 is 0. The average Bonchev–Trinajstić information content (AvgIpc) is 2.97. The van der Waals surface area contributed by atoms with E-state index in [1.54, 1.807) is 35.2 Å². The van der Waals surface area contributed by atoms with Gasteiger partial charge in [0.15, 0.2) is 9.84 Å². The molecule has 160 valence electrons. The van der Waals surface area contributed by atoms with Crippen LogP contribution in [0.5, 0.6) is 0 Å². The number of hydrogen-bond donors (Lipinski definition) is 1. The highest BCUT2D eigenvalue weighted by molar-refractivity contribution is 7.92. The van der Waals surface area contributed by atoms with E-state index in [0.29, 0.717) is 31.9 Å². The number of fused-ring (bicyclic) bond motifs is 2. The van der Waals surface area contributed by atoms with Gasteiger partial charge in [0.25, 0.3) is 0 Å². The number of hydrogen-bond acceptors (Lipinski definition) is 4. The summed E-state index contributed by atoms with van der Waals surface area (Å²) in [4.78, 5) is 18.2. The molecule has 4 rings (SSSR count). The Morgan fingerprint density at radius 2 is 1.70 bits per heavy atom. The zero-order valence-electron chi connectivity index (χ0n) is 15.8. The molecule has 2 aliphatic heterocycles. The van der Waals surface area contributed by atoms with Gasteiger partial charge in [0.05, 0.1) is 27.6 Å². The van der Waals surface area contributed by atoms with Gasteiger partial charge >= 0.3 is 12.2 Å². The third-order valence-electron chi connectivity index (χ3n) is 5.75. The molecule has 2 aliphatic rings. The minimum atomic E-state index is -4.56. The maximum Gasteiger partial charge on any atom is 0.417 e. The van der Waals surface area contributed by atoms with Crippen LogP contribution >= 0.6 is 0 Å². The van der Waals surface area contributed by atoms with Gasteiger partial charge in [0.1, 0.15) is 0 Å². The van der Waals surface area contributed by atoms with Crippen LogP contribution in [-0.4, -0.2) is 41.7 Å². The first-order valence-corrected chi connectivity index (χ1v) is 11.1. The lowest BCUT2D eigenvalue weighted by Crippen LogP contribution is -2.51. The number of rotatable bonds is 3. The van der Waals surface area contributed by atoms with E-state index in [-0.39, 0.29) is 22.7 Å². The molecule has 0 spiro atoms. The van der Waals surface area contributed by atoms with Gasteiger partial charge in [-0.3, -0.25) is 4.98 Å². The van der Waals surface area contributed by atoms with E-state index >= 15 is 0 Å². The summed E-state index contributed by atoms with van der Waals surface area (Å²) < 4.78 is 64.5. The second-order valence-electron chi connectivity index (χ2n) is 7.63. The van der Waals surface area contributed by atoms with Gasteiger partial charge in [0, 0.05) is 18.3 Å². The van der Waals surface area contributed by atoms with Gasteiger partial charge in [-0.25, -0.2) is 13.2 Å². The first-order valence-electron chi connectivity index (χ1n) is 9.57. The summed E-state index contributed by atoms with van der Waals surface area (Å²) in [6.07, 6.45) is -0.763. The summed E-state index contributed by atoms with van der Waals surface area (Å²) in [6, 6.07) is 7.99. The van der Waals surface area contributed by atoms with Gasteiger partial charge < -0.3 is 10.2 Å². The van der Waals surface area contributed by atoms with Crippen LogP contribution in [0.4, 0.5) is 23.7 Å². The van der Waals surface area contributed by atoms with E-state index < -0.39 is 32.9 Å². The largest absolute Gasteiger partial charge is 0.417 e. The van der Waals surface area contributed by atoms with E-state index in [1.165, 1.54) is 0 Å². The molecule has 1 aromatic heterocycles. The topological polar surface area (TPSA) is 79.4 Å². The van der Waals surface area contributed by atoms with Crippen molar-refractivity contribution in [3.63, 3.8) is 0 Å². The van der Waals surface area contributed by atoms with Gasteiger partial charge in [0.2, 0.25) is 0 Å². The minimum Gasteiger partial charge on any atom is -0.318 e. The van der Waals surface area contributed by atoms with E-state index in [2.05, 4.69) is 10.3 Å². The van der Waals surface area contributed by atoms with Crippen molar-refractivity contribution >= 4 is 21.6 Å². The number of carbonyl (C=O) groups is 1. The number of urea groups is 1. The average molecular weight is 439 g/mol. The number of carbonyl (C=O) groups excluding carboxylic acids is 1. The Labute approximate surface area is 172 Å². The van der Waals surface area contributed by atoms with Crippen molar-refractivity contribution in [1.29, 1.82) is 0 Å². The number of nitrogens with zero attached hydrogens (tertiary/aromatic N) is 2. The van der Waals surface area contributed by atoms with Crippen molar-refractivity contribution in [1.82, 2.24) is 9.88 Å². The number of nitrogens with one attached hydrogen (secondary N) is 1. The maximum absolute atomic E-state index is 13.0. The maximum atomic E-state index is 13.0. The molecule has 2 aromatic rings. The molecule has 2 atom stereocenters. The van der Waals surface area contributed by atoms with Crippen LogP contribution in [0.1, 0.15) is 31.2 Å². The van der Waals surface area contributed by atoms with E-state index in [9.17, 15) is 26.4 Å². The molecule has 30 heavy (non-hydrogen) atoms. The highest BCUT2D eigenvalue weighted by Crippen LogP contribution is 2.40. The number of alkyl halides is 3. The monoisotopic (exact) mass is 439 g/mol. The van der Waals surface area contributed by atoms with Crippen LogP contribution in [0.15, 0.2) is 53.7 Å². The Kier molecular flexibility index (Phi) is 5.21. The minimum absolute atomic E-state index is 0.0479. The molecule has 0 radical (unpaired) electrons. The highest BCUT2D eigenvalue weighted by Gasteiger charge is 2.47. The number of piperidine rings is 1. The van der Waals surface area contributed by atoms with Gasteiger partial charge in [-0.05, 0) is 43.9 Å². The van der Waals surface area contributed by atoms with Crippen LogP contribution in [-0.2, 0) is 16.0 Å². The predicted octanol–water partition coefficient (Wildman–Crippen LogP) is 4.10. The number of halogens is 3. The molecule has 6 nitrogen and oxygen atoms in total. The number of pyridine rings is 1. The molecule has 2 bridgehead atoms. The number of aromatic nitrogens is 1. The fourth-order valence-corrected chi connectivity index (χ4v) is 6.24. The molecular weight excluding hydrogens is 419 g/mol. The van der Waals surface area contributed by atoms with Crippen LogP contribution < -0.4 is 5.32 Å².